The molecule has 0 atom stereocenters. The number of rotatable bonds is 3. The second-order valence-electron chi connectivity index (χ2n) is 4.14. The fraction of sp³-hybridized carbons (Fsp3) is 0.417. The van der Waals surface area contributed by atoms with Gasteiger partial charge in [-0.1, -0.05) is 18.6 Å². The Morgan fingerprint density at radius 1 is 1.44 bits per heavy atom. The first-order valence-corrected chi connectivity index (χ1v) is 5.19. The van der Waals surface area contributed by atoms with E-state index in [1.807, 2.05) is 0 Å². The SMILES string of the molecule is O=C(O)C1(c2cccc(F)c2CF)CCC1. The minimum absolute atomic E-state index is 0.107. The molecule has 0 unspecified atom stereocenters. The number of hydrogen-bond acceptors (Lipinski definition) is 1. The van der Waals surface area contributed by atoms with E-state index in [2.05, 4.69) is 0 Å². The number of benzene rings is 1. The van der Waals surface area contributed by atoms with Crippen molar-refractivity contribution in [1.82, 2.24) is 0 Å². The van der Waals surface area contributed by atoms with Crippen LogP contribution in [0.2, 0.25) is 0 Å². The number of alkyl halides is 1. The Bertz CT molecular complexity index is 425. The Labute approximate surface area is 91.9 Å². The maximum absolute atomic E-state index is 13.4. The Hall–Kier alpha value is -1.45. The minimum Gasteiger partial charge on any atom is -0.481 e. The summed E-state index contributed by atoms with van der Waals surface area (Å²) in [6, 6.07) is 4.12. The Morgan fingerprint density at radius 2 is 2.12 bits per heavy atom. The molecule has 0 spiro atoms. The van der Waals surface area contributed by atoms with Crippen LogP contribution < -0.4 is 0 Å². The lowest BCUT2D eigenvalue weighted by molar-refractivity contribution is -0.147. The van der Waals surface area contributed by atoms with Crippen molar-refractivity contribution in [3.63, 3.8) is 0 Å². The van der Waals surface area contributed by atoms with Gasteiger partial charge in [-0.05, 0) is 24.5 Å². The third kappa shape index (κ3) is 1.40. The molecule has 0 saturated heterocycles. The molecular formula is C12H12F2O2. The lowest BCUT2D eigenvalue weighted by atomic mass is 9.63. The zero-order chi connectivity index (χ0) is 11.8. The molecule has 1 aliphatic carbocycles. The predicted octanol–water partition coefficient (Wildman–Crippen LogP) is 2.80. The number of halogens is 2. The van der Waals surface area contributed by atoms with Crippen LogP contribution in [0.3, 0.4) is 0 Å². The van der Waals surface area contributed by atoms with Crippen LogP contribution in [0.4, 0.5) is 8.78 Å². The third-order valence-electron chi connectivity index (χ3n) is 3.38. The van der Waals surface area contributed by atoms with Gasteiger partial charge in [-0.15, -0.1) is 0 Å². The predicted molar refractivity (Wildman–Crippen MR) is 54.4 cm³/mol. The fourth-order valence-corrected chi connectivity index (χ4v) is 2.27. The molecule has 2 nitrogen and oxygen atoms in total. The summed E-state index contributed by atoms with van der Waals surface area (Å²) < 4.78 is 26.1. The van der Waals surface area contributed by atoms with Gasteiger partial charge in [-0.3, -0.25) is 4.79 Å². The second kappa shape index (κ2) is 3.85. The molecule has 0 heterocycles. The van der Waals surface area contributed by atoms with E-state index in [1.165, 1.54) is 12.1 Å². The van der Waals surface area contributed by atoms with Crippen molar-refractivity contribution >= 4 is 5.97 Å². The molecule has 1 aromatic rings. The van der Waals surface area contributed by atoms with Crippen LogP contribution in [-0.4, -0.2) is 11.1 Å². The summed E-state index contributed by atoms with van der Waals surface area (Å²) in [6.45, 7) is -0.961. The van der Waals surface area contributed by atoms with Crippen LogP contribution in [0.1, 0.15) is 30.4 Å². The molecule has 0 bridgehead atoms. The molecule has 4 heteroatoms. The summed E-state index contributed by atoms with van der Waals surface area (Å²) in [7, 11) is 0. The molecule has 1 aliphatic rings. The van der Waals surface area contributed by atoms with Gasteiger partial charge in [0.1, 0.15) is 12.5 Å². The average Bonchev–Trinajstić information content (AvgIpc) is 2.15. The van der Waals surface area contributed by atoms with Crippen molar-refractivity contribution in [2.24, 2.45) is 0 Å². The number of hydrogen-bond donors (Lipinski definition) is 1. The normalized spacial score (nSPS) is 17.9. The molecule has 16 heavy (non-hydrogen) atoms. The second-order valence-corrected chi connectivity index (χ2v) is 4.14. The molecular weight excluding hydrogens is 214 g/mol. The average molecular weight is 226 g/mol. The molecule has 1 N–H and O–H groups in total. The van der Waals surface area contributed by atoms with Gasteiger partial charge in [0.25, 0.3) is 0 Å². The summed E-state index contributed by atoms with van der Waals surface area (Å²) in [4.78, 5) is 11.2. The van der Waals surface area contributed by atoms with Crippen LogP contribution in [0.15, 0.2) is 18.2 Å². The Balaban J connectivity index is 2.54. The first-order chi connectivity index (χ1) is 7.62. The number of aliphatic carboxylic acids is 1. The summed E-state index contributed by atoms with van der Waals surface area (Å²) in [5, 5.41) is 9.20. The van der Waals surface area contributed by atoms with Crippen LogP contribution in [0.5, 0.6) is 0 Å². The highest BCUT2D eigenvalue weighted by atomic mass is 19.1. The molecule has 0 amide bonds. The van der Waals surface area contributed by atoms with E-state index < -0.39 is 23.9 Å². The van der Waals surface area contributed by atoms with Crippen molar-refractivity contribution in [3.05, 3.63) is 35.1 Å². The molecule has 1 fully saturated rings. The van der Waals surface area contributed by atoms with Crippen LogP contribution in [0.25, 0.3) is 0 Å². The van der Waals surface area contributed by atoms with Crippen molar-refractivity contribution in [3.8, 4) is 0 Å². The van der Waals surface area contributed by atoms with Crippen molar-refractivity contribution in [1.29, 1.82) is 0 Å². The molecule has 1 aromatic carbocycles. The van der Waals surface area contributed by atoms with E-state index in [1.54, 1.807) is 0 Å². The van der Waals surface area contributed by atoms with Crippen LogP contribution in [0, 0.1) is 5.82 Å². The monoisotopic (exact) mass is 226 g/mol. The summed E-state index contributed by atoms with van der Waals surface area (Å²) >= 11 is 0. The van der Waals surface area contributed by atoms with E-state index in [0.29, 0.717) is 18.4 Å². The van der Waals surface area contributed by atoms with Gasteiger partial charge in [0, 0.05) is 5.56 Å². The maximum Gasteiger partial charge on any atom is 0.314 e. The number of carbonyl (C=O) groups is 1. The van der Waals surface area contributed by atoms with E-state index in [0.717, 1.165) is 12.5 Å². The van der Waals surface area contributed by atoms with Crippen molar-refractivity contribution in [2.75, 3.05) is 0 Å². The van der Waals surface area contributed by atoms with E-state index in [-0.39, 0.29) is 5.56 Å². The summed E-state index contributed by atoms with van der Waals surface area (Å²) in [5.41, 5.74) is -0.873. The standard InChI is InChI=1S/C12H12F2O2/c13-7-8-9(3-1-4-10(8)14)12(11(15)16)5-2-6-12/h1,3-4H,2,5-7H2,(H,15,16). The number of carboxylic acids is 1. The van der Waals surface area contributed by atoms with Gasteiger partial charge in [-0.25, -0.2) is 8.78 Å². The van der Waals surface area contributed by atoms with Crippen molar-refractivity contribution < 1.29 is 18.7 Å². The van der Waals surface area contributed by atoms with E-state index in [4.69, 9.17) is 0 Å². The highest BCUT2D eigenvalue weighted by molar-refractivity contribution is 5.83. The zero-order valence-corrected chi connectivity index (χ0v) is 8.67. The maximum atomic E-state index is 13.4. The van der Waals surface area contributed by atoms with Gasteiger partial charge in [0.2, 0.25) is 0 Å². The van der Waals surface area contributed by atoms with E-state index >= 15 is 0 Å². The molecule has 0 radical (unpaired) electrons. The first kappa shape index (κ1) is 11.0. The molecule has 2 rings (SSSR count). The summed E-state index contributed by atoms with van der Waals surface area (Å²) in [5.74, 6) is -1.65. The molecule has 0 aromatic heterocycles. The highest BCUT2D eigenvalue weighted by Gasteiger charge is 2.47. The van der Waals surface area contributed by atoms with Gasteiger partial charge in [0.05, 0.1) is 5.41 Å². The van der Waals surface area contributed by atoms with Crippen LogP contribution >= 0.6 is 0 Å². The quantitative estimate of drug-likeness (QED) is 0.860. The number of carboxylic acid groups (broad SMARTS) is 1. The van der Waals surface area contributed by atoms with Gasteiger partial charge in [0.15, 0.2) is 0 Å². The molecule has 0 aliphatic heterocycles. The lowest BCUT2D eigenvalue weighted by Gasteiger charge is -2.39. The summed E-state index contributed by atoms with van der Waals surface area (Å²) in [6.07, 6.45) is 1.70. The Morgan fingerprint density at radius 3 is 2.56 bits per heavy atom. The largest absolute Gasteiger partial charge is 0.481 e. The third-order valence-corrected chi connectivity index (χ3v) is 3.38. The molecule has 86 valence electrons. The van der Waals surface area contributed by atoms with Gasteiger partial charge in [-0.2, -0.15) is 0 Å². The minimum atomic E-state index is -1.07. The molecule has 1 saturated carbocycles. The Kier molecular flexibility index (Phi) is 2.66. The topological polar surface area (TPSA) is 37.3 Å². The first-order valence-electron chi connectivity index (χ1n) is 5.19. The van der Waals surface area contributed by atoms with Crippen molar-refractivity contribution in [2.45, 2.75) is 31.4 Å². The van der Waals surface area contributed by atoms with E-state index in [9.17, 15) is 18.7 Å². The van der Waals surface area contributed by atoms with Gasteiger partial charge < -0.3 is 5.11 Å². The highest BCUT2D eigenvalue weighted by Crippen LogP contribution is 2.45. The zero-order valence-electron chi connectivity index (χ0n) is 8.67. The smallest absolute Gasteiger partial charge is 0.314 e. The van der Waals surface area contributed by atoms with Gasteiger partial charge >= 0.3 is 5.97 Å². The van der Waals surface area contributed by atoms with Crippen LogP contribution in [-0.2, 0) is 16.9 Å². The fourth-order valence-electron chi connectivity index (χ4n) is 2.27. The lowest BCUT2D eigenvalue weighted by Crippen LogP contribution is -2.43.